The van der Waals surface area contributed by atoms with Crippen LogP contribution in [0.3, 0.4) is 0 Å². The zero-order valence-corrected chi connectivity index (χ0v) is 29.2. The van der Waals surface area contributed by atoms with E-state index in [2.05, 4.69) is 49.7 Å². The lowest BCUT2D eigenvalue weighted by Crippen LogP contribution is -2.51. The van der Waals surface area contributed by atoms with Gasteiger partial charge in [0.05, 0.1) is 12.5 Å². The fourth-order valence-corrected chi connectivity index (χ4v) is 8.92. The highest BCUT2D eigenvalue weighted by Gasteiger charge is 2.53. The highest BCUT2D eigenvalue weighted by molar-refractivity contribution is 6.32. The first-order valence-electron chi connectivity index (χ1n) is 18.2. The molecule has 262 valence electrons. The molecular weight excluding hydrogens is 652 g/mol. The molecule has 2 atom stereocenters. The Morgan fingerprint density at radius 1 is 0.900 bits per heavy atom. The number of carbonyl (C=O) groups is 3. The molecule has 8 rings (SSSR count). The predicted octanol–water partition coefficient (Wildman–Crippen LogP) is 4.96. The summed E-state index contributed by atoms with van der Waals surface area (Å²) in [5, 5.41) is 6.72. The van der Waals surface area contributed by atoms with Crippen LogP contribution in [-0.2, 0) is 19.8 Å². The van der Waals surface area contributed by atoms with Crippen LogP contribution in [0.4, 0.5) is 11.5 Å². The minimum absolute atomic E-state index is 0.154. The maximum absolute atomic E-state index is 13.5. The normalized spacial score (nSPS) is 24.9. The zero-order chi connectivity index (χ0) is 34.2. The number of aromatic nitrogens is 1. The smallest absolute Gasteiger partial charge is 0.241 e. The lowest BCUT2D eigenvalue weighted by molar-refractivity contribution is -0.134. The summed E-state index contributed by atoms with van der Waals surface area (Å²) < 4.78 is 6.28. The first-order valence-corrected chi connectivity index (χ1v) is 18.6. The Morgan fingerprint density at radius 2 is 1.70 bits per heavy atom. The molecule has 4 aliphatic heterocycles. The van der Waals surface area contributed by atoms with E-state index in [1.165, 1.54) is 18.4 Å². The first-order chi connectivity index (χ1) is 24.4. The molecule has 1 aromatic heterocycles. The summed E-state index contributed by atoms with van der Waals surface area (Å²) in [4.78, 5) is 48.5. The summed E-state index contributed by atoms with van der Waals surface area (Å²) >= 11 is 6.79. The van der Waals surface area contributed by atoms with Gasteiger partial charge in [0.1, 0.15) is 17.7 Å². The fraction of sp³-hybridized carbons (Fsp3) is 0.487. The molecule has 2 aromatic carbocycles. The van der Waals surface area contributed by atoms with Crippen molar-refractivity contribution in [3.63, 3.8) is 0 Å². The van der Waals surface area contributed by atoms with Crippen molar-refractivity contribution in [3.8, 4) is 5.75 Å². The van der Waals surface area contributed by atoms with E-state index in [1.54, 1.807) is 6.20 Å². The molecule has 1 saturated carbocycles. The molecule has 5 heterocycles. The number of nitrogens with one attached hydrogen (secondary N) is 2. The van der Waals surface area contributed by atoms with Crippen LogP contribution in [0.25, 0.3) is 0 Å². The number of amides is 3. The largest absolute Gasteiger partial charge is 0.490 e. The average Bonchev–Trinajstić information content (AvgIpc) is 3.90. The van der Waals surface area contributed by atoms with Gasteiger partial charge in [0.25, 0.3) is 0 Å². The lowest BCUT2D eigenvalue weighted by atomic mass is 9.72. The van der Waals surface area contributed by atoms with E-state index in [9.17, 15) is 14.4 Å². The van der Waals surface area contributed by atoms with Crippen LogP contribution < -0.4 is 20.3 Å². The summed E-state index contributed by atoms with van der Waals surface area (Å²) in [5.74, 6) is 1.69. The van der Waals surface area contributed by atoms with Crippen LogP contribution in [0.1, 0.15) is 67.6 Å². The molecule has 0 bridgehead atoms. The van der Waals surface area contributed by atoms with E-state index in [0.717, 1.165) is 91.9 Å². The predicted molar refractivity (Wildman–Crippen MR) is 193 cm³/mol. The van der Waals surface area contributed by atoms with Crippen molar-refractivity contribution >= 4 is 40.8 Å². The number of piperidine rings is 2. The summed E-state index contributed by atoms with van der Waals surface area (Å²) in [5.41, 5.74) is 3.99. The van der Waals surface area contributed by atoms with Crippen molar-refractivity contribution in [2.75, 3.05) is 62.6 Å². The van der Waals surface area contributed by atoms with Crippen LogP contribution in [0.2, 0.25) is 5.02 Å². The van der Waals surface area contributed by atoms with Gasteiger partial charge >= 0.3 is 0 Å². The number of anilines is 2. The van der Waals surface area contributed by atoms with Gasteiger partial charge in [-0.25, -0.2) is 4.98 Å². The Hall–Kier alpha value is -3.99. The molecule has 10 nitrogen and oxygen atoms in total. The van der Waals surface area contributed by atoms with Gasteiger partial charge in [-0.2, -0.15) is 0 Å². The molecule has 0 spiro atoms. The Balaban J connectivity index is 0.792. The van der Waals surface area contributed by atoms with Crippen molar-refractivity contribution < 1.29 is 19.1 Å². The molecule has 4 fully saturated rings. The monoisotopic (exact) mass is 696 g/mol. The Bertz CT molecular complexity index is 1760. The SMILES string of the molecule is O=C1CCC(c2ccc(OC3CCN(CCCN4CCN(c5cccc(C6(C7CC7)CNc7nccc(Cl)c76)c5)C(=O)C4)CC3)cc2)C(=O)N1. The minimum atomic E-state index is -0.277. The van der Waals surface area contributed by atoms with Crippen LogP contribution in [0.5, 0.6) is 5.75 Å². The number of piperazine rings is 1. The molecule has 2 unspecified atom stereocenters. The van der Waals surface area contributed by atoms with Gasteiger partial charge in [-0.15, -0.1) is 0 Å². The van der Waals surface area contributed by atoms with Gasteiger partial charge in [0.15, 0.2) is 0 Å². The maximum Gasteiger partial charge on any atom is 0.241 e. The molecule has 50 heavy (non-hydrogen) atoms. The third-order valence-electron chi connectivity index (χ3n) is 11.4. The van der Waals surface area contributed by atoms with Crippen molar-refractivity contribution in [1.29, 1.82) is 0 Å². The van der Waals surface area contributed by atoms with Gasteiger partial charge in [0, 0.05) is 67.0 Å². The van der Waals surface area contributed by atoms with E-state index in [4.69, 9.17) is 16.3 Å². The van der Waals surface area contributed by atoms with E-state index in [0.29, 0.717) is 31.8 Å². The number of pyridine rings is 1. The molecule has 0 radical (unpaired) electrons. The molecule has 5 aliphatic rings. The van der Waals surface area contributed by atoms with Crippen LogP contribution in [0, 0.1) is 5.92 Å². The molecule has 11 heteroatoms. The Morgan fingerprint density at radius 3 is 2.46 bits per heavy atom. The number of benzene rings is 2. The number of carbonyl (C=O) groups excluding carboxylic acids is 3. The number of rotatable bonds is 10. The number of imide groups is 1. The van der Waals surface area contributed by atoms with E-state index in [1.807, 2.05) is 35.2 Å². The number of likely N-dealkylation sites (tertiary alicyclic amines) is 1. The second-order valence-electron chi connectivity index (χ2n) is 14.6. The second-order valence-corrected chi connectivity index (χ2v) is 15.0. The van der Waals surface area contributed by atoms with E-state index in [-0.39, 0.29) is 35.2 Å². The fourth-order valence-electron chi connectivity index (χ4n) is 8.60. The molecule has 2 N–H and O–H groups in total. The Labute approximate surface area is 298 Å². The number of hydrogen-bond donors (Lipinski definition) is 2. The summed E-state index contributed by atoms with van der Waals surface area (Å²) in [6, 6.07) is 18.2. The second kappa shape index (κ2) is 14.0. The van der Waals surface area contributed by atoms with Gasteiger partial charge in [-0.1, -0.05) is 35.9 Å². The number of halogens is 1. The molecule has 3 aromatic rings. The van der Waals surface area contributed by atoms with Gasteiger partial charge in [-0.3, -0.25) is 24.6 Å². The third-order valence-corrected chi connectivity index (χ3v) is 11.8. The molecule has 1 aliphatic carbocycles. The minimum Gasteiger partial charge on any atom is -0.490 e. The highest BCUT2D eigenvalue weighted by Crippen LogP contribution is 2.57. The number of nitrogens with zero attached hydrogens (tertiary/aromatic N) is 4. The van der Waals surface area contributed by atoms with E-state index < -0.39 is 0 Å². The zero-order valence-electron chi connectivity index (χ0n) is 28.4. The maximum atomic E-state index is 13.5. The molecule has 3 amide bonds. The number of hydrogen-bond acceptors (Lipinski definition) is 8. The Kier molecular flexibility index (Phi) is 9.26. The van der Waals surface area contributed by atoms with Crippen LogP contribution >= 0.6 is 11.6 Å². The van der Waals surface area contributed by atoms with Crippen molar-refractivity contribution in [2.45, 2.75) is 62.4 Å². The van der Waals surface area contributed by atoms with E-state index >= 15 is 0 Å². The average molecular weight is 697 g/mol. The molecule has 3 saturated heterocycles. The van der Waals surface area contributed by atoms with Crippen molar-refractivity contribution in [1.82, 2.24) is 20.1 Å². The van der Waals surface area contributed by atoms with Crippen molar-refractivity contribution in [2.24, 2.45) is 5.92 Å². The van der Waals surface area contributed by atoms with Gasteiger partial charge < -0.3 is 19.9 Å². The number of ether oxygens (including phenoxy) is 1. The topological polar surface area (TPSA) is 107 Å². The lowest BCUT2D eigenvalue weighted by Gasteiger charge is -2.36. The summed E-state index contributed by atoms with van der Waals surface area (Å²) in [7, 11) is 0. The van der Waals surface area contributed by atoms with Crippen molar-refractivity contribution in [3.05, 3.63) is 82.5 Å². The van der Waals surface area contributed by atoms with Gasteiger partial charge in [-0.05, 0) is 99.0 Å². The quantitative estimate of drug-likeness (QED) is 0.287. The standard InChI is InChI=1S/C39H45ClN6O4/c40-33-13-16-41-37-36(33)39(25-42-37,27-7-8-27)28-3-1-4-29(23-28)46-22-21-45(24-35(46)48)18-2-17-44-19-14-31(15-20-44)50-30-9-5-26(6-10-30)32-11-12-34(47)43-38(32)49/h1,3-6,9-10,13,16,23,27,31-32H,2,7-8,11-12,14-15,17-22,24-25H2,(H,41,42)(H,43,47,49). The molecular formula is C39H45ClN6O4. The first kappa shape index (κ1) is 33.2. The highest BCUT2D eigenvalue weighted by atomic mass is 35.5. The van der Waals surface area contributed by atoms with Crippen LogP contribution in [-0.4, -0.2) is 91.0 Å². The summed E-state index contributed by atoms with van der Waals surface area (Å²) in [6.45, 7) is 6.68. The van der Waals surface area contributed by atoms with Gasteiger partial charge in [0.2, 0.25) is 17.7 Å². The number of fused-ring (bicyclic) bond motifs is 1. The van der Waals surface area contributed by atoms with Crippen LogP contribution in [0.15, 0.2) is 60.8 Å². The third kappa shape index (κ3) is 6.61. The summed E-state index contributed by atoms with van der Waals surface area (Å²) in [6.07, 6.45) is 8.17.